The molecule has 0 saturated heterocycles. The number of benzene rings is 1. The Kier molecular flexibility index (Phi) is 8.66. The van der Waals surface area contributed by atoms with E-state index in [4.69, 9.17) is 0 Å². The predicted molar refractivity (Wildman–Crippen MR) is 161 cm³/mol. The summed E-state index contributed by atoms with van der Waals surface area (Å²) in [7, 11) is 0. The van der Waals surface area contributed by atoms with E-state index in [0.29, 0.717) is 22.9 Å². The molecule has 4 aromatic rings. The minimum Gasteiger partial charge on any atom is -0.204 e. The van der Waals surface area contributed by atoms with Crippen LogP contribution in [0.1, 0.15) is 103 Å². The maximum absolute atomic E-state index is 15.4. The first-order valence-electron chi connectivity index (χ1n) is 14.3. The molecule has 38 heavy (non-hydrogen) atoms. The lowest BCUT2D eigenvalue weighted by Gasteiger charge is -2.37. The number of hydrogen-bond acceptors (Lipinski definition) is 5. The maximum atomic E-state index is 15.4. The fourth-order valence-electron chi connectivity index (χ4n) is 6.54. The van der Waals surface area contributed by atoms with Crippen LogP contribution < -0.4 is 0 Å². The number of halogens is 2. The third kappa shape index (κ3) is 4.88. The van der Waals surface area contributed by atoms with E-state index >= 15 is 4.39 Å². The molecule has 7 heteroatoms. The molecule has 0 radical (unpaired) electrons. The second-order valence-corrected chi connectivity index (χ2v) is 13.5. The zero-order valence-electron chi connectivity index (χ0n) is 22.9. The molecular weight excluding hydrogens is 535 g/mol. The zero-order valence-corrected chi connectivity index (χ0v) is 25.4. The van der Waals surface area contributed by atoms with Crippen LogP contribution >= 0.6 is 34.4 Å². The van der Waals surface area contributed by atoms with Gasteiger partial charge in [-0.3, -0.25) is 0 Å². The van der Waals surface area contributed by atoms with Gasteiger partial charge in [-0.25, -0.2) is 8.78 Å². The van der Waals surface area contributed by atoms with Gasteiger partial charge in [0.2, 0.25) is 0 Å². The zero-order chi connectivity index (χ0) is 26.9. The normalized spacial score (nSPS) is 18.2. The topological polar surface area (TPSA) is 25.8 Å². The van der Waals surface area contributed by atoms with Crippen molar-refractivity contribution in [2.45, 2.75) is 97.3 Å². The van der Waals surface area contributed by atoms with Crippen molar-refractivity contribution in [1.29, 1.82) is 0 Å². The molecule has 0 spiro atoms. The first-order valence-corrected chi connectivity index (χ1v) is 16.7. The lowest BCUT2D eigenvalue weighted by molar-refractivity contribution is 0.266. The fraction of sp³-hybridized carbons (Fsp3) is 0.548. The van der Waals surface area contributed by atoms with Gasteiger partial charge >= 0.3 is 0 Å². The van der Waals surface area contributed by atoms with Crippen LogP contribution in [0.5, 0.6) is 0 Å². The molecule has 0 N–H and O–H groups in total. The number of rotatable bonds is 13. The smallest absolute Gasteiger partial charge is 0.169 e. The molecule has 1 aliphatic rings. The molecule has 2 atom stereocenters. The van der Waals surface area contributed by atoms with Crippen LogP contribution in [0.4, 0.5) is 8.78 Å². The van der Waals surface area contributed by atoms with E-state index in [2.05, 4.69) is 54.0 Å². The number of hydrogen-bond donors (Lipinski definition) is 0. The molecule has 0 bridgehead atoms. The first-order chi connectivity index (χ1) is 18.5. The van der Waals surface area contributed by atoms with Gasteiger partial charge < -0.3 is 0 Å². The van der Waals surface area contributed by atoms with Crippen LogP contribution in [-0.4, -0.2) is 8.75 Å². The van der Waals surface area contributed by atoms with E-state index in [1.807, 2.05) is 0 Å². The number of unbranched alkanes of at least 4 members (excludes halogenated alkanes) is 2. The minimum atomic E-state index is -0.854. The summed E-state index contributed by atoms with van der Waals surface area (Å²) in [4.78, 5) is 3.36. The summed E-state index contributed by atoms with van der Waals surface area (Å²) in [6.45, 7) is 9.22. The number of nitrogens with zero attached hydrogens (tertiary/aromatic N) is 2. The van der Waals surface area contributed by atoms with Gasteiger partial charge in [0.15, 0.2) is 11.6 Å². The Morgan fingerprint density at radius 1 is 0.868 bits per heavy atom. The molecule has 1 aromatic carbocycles. The number of aromatic nitrogens is 2. The lowest BCUT2D eigenvalue weighted by atomic mass is 9.65. The Balaban J connectivity index is 1.68. The monoisotopic (exact) mass is 572 g/mol. The summed E-state index contributed by atoms with van der Waals surface area (Å²) in [5.41, 5.74) is 3.90. The highest BCUT2D eigenvalue weighted by atomic mass is 32.1. The molecule has 3 heterocycles. The highest BCUT2D eigenvalue weighted by molar-refractivity contribution is 7.24. The Morgan fingerprint density at radius 3 is 2.18 bits per heavy atom. The van der Waals surface area contributed by atoms with Crippen LogP contribution in [0.25, 0.3) is 31.2 Å². The summed E-state index contributed by atoms with van der Waals surface area (Å²) >= 11 is 4.42. The predicted octanol–water partition coefficient (Wildman–Crippen LogP) is 11.2. The third-order valence-electron chi connectivity index (χ3n) is 8.69. The Bertz CT molecular complexity index is 1370. The van der Waals surface area contributed by atoms with Crippen molar-refractivity contribution in [3.8, 4) is 20.2 Å². The Labute approximate surface area is 237 Å². The highest BCUT2D eigenvalue weighted by Gasteiger charge is 2.47. The summed E-state index contributed by atoms with van der Waals surface area (Å²) < 4.78 is 38.6. The summed E-state index contributed by atoms with van der Waals surface area (Å²) in [5.74, 6) is -0.388. The van der Waals surface area contributed by atoms with E-state index < -0.39 is 11.6 Å². The second kappa shape index (κ2) is 11.8. The molecule has 204 valence electrons. The minimum absolute atomic E-state index is 0.0779. The van der Waals surface area contributed by atoms with Crippen molar-refractivity contribution >= 4 is 45.4 Å². The van der Waals surface area contributed by atoms with Crippen molar-refractivity contribution in [3.63, 3.8) is 0 Å². The lowest BCUT2D eigenvalue weighted by Crippen LogP contribution is -2.31. The molecular formula is C31H38F2N2S3. The van der Waals surface area contributed by atoms with Crippen molar-refractivity contribution in [2.75, 3.05) is 0 Å². The largest absolute Gasteiger partial charge is 0.204 e. The molecule has 0 fully saturated rings. The van der Waals surface area contributed by atoms with E-state index in [1.165, 1.54) is 78.3 Å². The van der Waals surface area contributed by atoms with Crippen LogP contribution in [0.15, 0.2) is 23.6 Å². The fourth-order valence-corrected chi connectivity index (χ4v) is 9.54. The van der Waals surface area contributed by atoms with E-state index in [9.17, 15) is 4.39 Å². The van der Waals surface area contributed by atoms with Gasteiger partial charge in [-0.15, -0.1) is 22.7 Å². The summed E-state index contributed by atoms with van der Waals surface area (Å²) in [6.07, 6.45) is 12.0. The van der Waals surface area contributed by atoms with Gasteiger partial charge in [0.1, 0.15) is 11.0 Å². The van der Waals surface area contributed by atoms with Crippen LogP contribution in [0.2, 0.25) is 0 Å². The quantitative estimate of drug-likeness (QED) is 0.159. The molecule has 0 aliphatic heterocycles. The molecule has 0 amide bonds. The van der Waals surface area contributed by atoms with Crippen LogP contribution in [0, 0.1) is 23.5 Å². The summed E-state index contributed by atoms with van der Waals surface area (Å²) in [6, 6.07) is 5.72. The molecule has 2 nitrogen and oxygen atoms in total. The average Bonchev–Trinajstić information content (AvgIpc) is 3.70. The second-order valence-electron chi connectivity index (χ2n) is 11.0. The maximum Gasteiger partial charge on any atom is 0.169 e. The van der Waals surface area contributed by atoms with Crippen molar-refractivity contribution < 1.29 is 8.78 Å². The molecule has 5 rings (SSSR count). The van der Waals surface area contributed by atoms with Crippen molar-refractivity contribution in [3.05, 3.63) is 46.3 Å². The van der Waals surface area contributed by atoms with E-state index in [0.717, 1.165) is 29.4 Å². The van der Waals surface area contributed by atoms with Crippen molar-refractivity contribution in [2.24, 2.45) is 11.8 Å². The van der Waals surface area contributed by atoms with Gasteiger partial charge in [-0.1, -0.05) is 79.1 Å². The molecule has 2 unspecified atom stereocenters. The average molecular weight is 573 g/mol. The van der Waals surface area contributed by atoms with Crippen LogP contribution in [-0.2, 0) is 5.41 Å². The van der Waals surface area contributed by atoms with Gasteiger partial charge in [-0.2, -0.15) is 8.75 Å². The van der Waals surface area contributed by atoms with E-state index in [-0.39, 0.29) is 11.0 Å². The third-order valence-corrected chi connectivity index (χ3v) is 11.5. The van der Waals surface area contributed by atoms with Crippen molar-refractivity contribution in [1.82, 2.24) is 8.75 Å². The SMILES string of the molecule is CCCCC(CC)CC1(CC(CC)CCCC)c2ccsc2-c2sc(-c3c(F)c(F)cc4nsnc34)cc21. The molecule has 1 aliphatic carbocycles. The van der Waals surface area contributed by atoms with Crippen LogP contribution in [0.3, 0.4) is 0 Å². The molecule has 3 aromatic heterocycles. The number of fused-ring (bicyclic) bond motifs is 4. The Hall–Kier alpha value is -1.70. The van der Waals surface area contributed by atoms with Gasteiger partial charge in [0, 0.05) is 26.1 Å². The van der Waals surface area contributed by atoms with Gasteiger partial charge in [0.05, 0.1) is 17.3 Å². The number of thiophene rings is 2. The standard InChI is InChI=1S/C31H38F2N2S3/c1-5-9-11-19(7-3)17-31(18-20(8-4)12-10-6-2)21-13-14-36-29(21)30-22(31)15-25(37-30)26-27(33)23(32)16-24-28(26)35-38-34-24/h13-16,19-20H,5-12,17-18H2,1-4H3. The molecule has 0 saturated carbocycles. The first kappa shape index (κ1) is 27.9. The van der Waals surface area contributed by atoms with E-state index in [1.54, 1.807) is 22.7 Å². The van der Waals surface area contributed by atoms with Gasteiger partial charge in [0.25, 0.3) is 0 Å². The van der Waals surface area contributed by atoms with Gasteiger partial charge in [-0.05, 0) is 53.3 Å². The Morgan fingerprint density at radius 2 is 1.55 bits per heavy atom. The highest BCUT2D eigenvalue weighted by Crippen LogP contribution is 2.61. The summed E-state index contributed by atoms with van der Waals surface area (Å²) in [5, 5.41) is 2.23.